The highest BCUT2D eigenvalue weighted by molar-refractivity contribution is 7.80. The number of hydrogen-bond acceptors (Lipinski definition) is 35. The second kappa shape index (κ2) is 73.7. The molecule has 0 spiro atoms. The van der Waals surface area contributed by atoms with E-state index in [4.69, 9.17) is 128 Å². The minimum absolute atomic E-state index is 0.160. The second-order valence-electron chi connectivity index (χ2n) is 20.5. The fourth-order valence-corrected chi connectivity index (χ4v) is 5.53. The van der Waals surface area contributed by atoms with Crippen LogP contribution in [0.2, 0.25) is 0 Å². The Morgan fingerprint density at radius 1 is 0.435 bits per heavy atom. The number of hydrogen-bond donors (Lipinski definition) is 35. The van der Waals surface area contributed by atoms with E-state index in [2.05, 4.69) is 79.8 Å². The molecule has 3 saturated heterocycles. The zero-order valence-electron chi connectivity index (χ0n) is 58.3. The number of nitrogens with two attached hydrogens (primary N) is 13. The summed E-state index contributed by atoms with van der Waals surface area (Å²) in [5.41, 5.74) is 64.4. The number of aliphatic hydroxyl groups is 1. The number of rotatable bonds is 25. The lowest BCUT2D eigenvalue weighted by Gasteiger charge is -2.05. The monoisotopic (exact) mass is 1610 g/mol. The highest BCUT2D eigenvalue weighted by Gasteiger charge is 2.22. The molecule has 0 aliphatic carbocycles. The van der Waals surface area contributed by atoms with Crippen LogP contribution >= 0.6 is 25.3 Å². The molecule has 3 aliphatic heterocycles. The number of thiol groups is 2. The number of nitrogens with zero attached hydrogens (tertiary/aromatic N) is 1. The predicted octanol–water partition coefficient (Wildman–Crippen LogP) is -10.7. The van der Waals surface area contributed by atoms with Gasteiger partial charge in [-0.15, -0.1) is 0 Å². The van der Waals surface area contributed by atoms with Gasteiger partial charge >= 0.3 is 83.6 Å². The zero-order chi connectivity index (χ0) is 86.5. The van der Waals surface area contributed by atoms with Gasteiger partial charge in [0.2, 0.25) is 11.8 Å². The summed E-state index contributed by atoms with van der Waals surface area (Å²) in [4.78, 5) is 164. The van der Waals surface area contributed by atoms with Crippen molar-refractivity contribution in [3.8, 4) is 5.75 Å². The van der Waals surface area contributed by atoms with E-state index in [1.807, 2.05) is 0 Å². The van der Waals surface area contributed by atoms with Gasteiger partial charge in [-0.3, -0.25) is 76.7 Å². The minimum atomic E-state index is -1.21. The number of amides is 2. The number of nitrogens with one attached hydrogen (secondary N) is 4. The topological polar surface area (TPSA) is 1000 Å². The molecular weight excluding hydrogens is 1500 g/mol. The maximum atomic E-state index is 10.4. The van der Waals surface area contributed by atoms with Crippen molar-refractivity contribution in [1.82, 2.24) is 25.9 Å². The van der Waals surface area contributed by atoms with Crippen LogP contribution in [0.5, 0.6) is 5.75 Å². The molecule has 3 fully saturated rings. The first kappa shape index (κ1) is 116. The molecule has 11 atom stereocenters. The van der Waals surface area contributed by atoms with Gasteiger partial charge in [0.25, 0.3) is 0 Å². The number of benzene rings is 1. The van der Waals surface area contributed by atoms with Crippen molar-refractivity contribution >= 4 is 121 Å². The maximum absolute atomic E-state index is 10.4. The lowest BCUT2D eigenvalue weighted by atomic mass is 10.1. The molecule has 624 valence electrons. The average Bonchev–Trinajstić information content (AvgIpc) is 1.40. The molecule has 2 amide bonds. The van der Waals surface area contributed by atoms with E-state index in [9.17, 15) is 76.7 Å². The first-order chi connectivity index (χ1) is 49.8. The molecule has 52 heteroatoms. The molecule has 0 unspecified atom stereocenters. The predicted molar refractivity (Wildman–Crippen MR) is 383 cm³/mol. The number of carbonyl (C=O) groups is 16. The molecule has 1 aromatic carbocycles. The van der Waals surface area contributed by atoms with Crippen molar-refractivity contribution in [2.45, 2.75) is 138 Å². The van der Waals surface area contributed by atoms with Gasteiger partial charge in [-0.1, -0.05) is 12.1 Å². The molecule has 0 radical (unpaired) electrons. The second-order valence-corrected chi connectivity index (χ2v) is 21.3. The number of primary amides is 2. The number of carboxylic acid groups (broad SMARTS) is 14. The Morgan fingerprint density at radius 2 is 0.694 bits per heavy atom. The summed E-state index contributed by atoms with van der Waals surface area (Å²) in [6.45, 7) is 2.66. The van der Waals surface area contributed by atoms with Gasteiger partial charge in [0.05, 0.1) is 45.4 Å². The third-order valence-electron chi connectivity index (χ3n) is 11.0. The molecule has 5 rings (SSSR count). The number of aromatic nitrogens is 2. The van der Waals surface area contributed by atoms with E-state index in [1.54, 1.807) is 18.3 Å². The van der Waals surface area contributed by atoms with E-state index in [1.165, 1.54) is 25.4 Å². The normalized spacial score (nSPS) is 15.6. The van der Waals surface area contributed by atoms with Crippen molar-refractivity contribution in [2.24, 2.45) is 74.5 Å². The van der Waals surface area contributed by atoms with Crippen molar-refractivity contribution in [3.63, 3.8) is 0 Å². The van der Waals surface area contributed by atoms with Crippen LogP contribution in [-0.4, -0.2) is 311 Å². The van der Waals surface area contributed by atoms with Crippen molar-refractivity contribution in [3.05, 3.63) is 48.0 Å². The number of imidazole rings is 1. The number of aromatic hydroxyl groups is 1. The first-order valence-electron chi connectivity index (χ1n) is 30.4. The van der Waals surface area contributed by atoms with Crippen LogP contribution in [0.1, 0.15) is 69.5 Å². The smallest absolute Gasteiger partial charge is 0.322 e. The van der Waals surface area contributed by atoms with Crippen LogP contribution in [0.15, 0.2) is 36.8 Å². The van der Waals surface area contributed by atoms with Crippen LogP contribution in [0, 0.1) is 0 Å². The Morgan fingerprint density at radius 3 is 0.824 bits per heavy atom. The van der Waals surface area contributed by atoms with Crippen molar-refractivity contribution < 1.29 is 158 Å². The van der Waals surface area contributed by atoms with Crippen molar-refractivity contribution in [1.29, 1.82) is 0 Å². The van der Waals surface area contributed by atoms with E-state index in [-0.39, 0.29) is 80.7 Å². The van der Waals surface area contributed by atoms with Gasteiger partial charge in [-0.2, -0.15) is 25.3 Å². The Hall–Kier alpha value is -10.1. The van der Waals surface area contributed by atoms with E-state index < -0.39 is 150 Å². The highest BCUT2D eigenvalue weighted by Crippen LogP contribution is 2.11. The Labute approximate surface area is 626 Å². The molecule has 4 heterocycles. The summed E-state index contributed by atoms with van der Waals surface area (Å²) in [6.07, 6.45) is 8.34. The summed E-state index contributed by atoms with van der Waals surface area (Å²) < 4.78 is 0. The fourth-order valence-electron chi connectivity index (χ4n) is 5.22. The summed E-state index contributed by atoms with van der Waals surface area (Å²) >= 11 is 7.30. The average molecular weight is 1610 g/mol. The van der Waals surface area contributed by atoms with E-state index in [0.29, 0.717) is 0 Å². The van der Waals surface area contributed by atoms with Gasteiger partial charge in [0, 0.05) is 29.8 Å². The van der Waals surface area contributed by atoms with Gasteiger partial charge in [-0.25, -0.2) is 4.98 Å². The Balaban J connectivity index is -0.000000141. The van der Waals surface area contributed by atoms with Gasteiger partial charge < -0.3 is 177 Å². The standard InChI is InChI=1S/C9H11NO3.C6H9N3O2.3C5H9NO2.2C4H8N2O3.C3H7NO3.2C3H7NO2S.C3H7NO2.3C2H5NO2/c10-8(9(12)13)5-6-1-3-7(11)4-2-6;7-5(6(10)11)1-4-2-8-3-9-4;3*7-5(8)4-2-1-3-6-4;2*5-2(4(8)9)1-3(6)7;4-2(1-5)3(6)7;2*4-2(1-7)3(5)6;1-2(4)3(5)6;3*3-1-2(4)5/h1-4,8,11H,5,10H2,(H,12,13);2-3,5H,1,7H2,(H,8,9)(H,10,11);3*4,6H,1-3H2,(H,7,8);2*2H,1,5H2,(H2,6,7)(H,8,9);2,5H,1,4H2,(H,6,7);2*2,7H,1,4H2,(H,5,6);2H,4H2,1H3,(H,5,6);3*1,3H2,(H,4,5)/t8-;5-;3*4-;6*2-;;;/m00000000000.../s1. The summed E-state index contributed by atoms with van der Waals surface area (Å²) in [5.74, 6) is -14.5. The number of H-pyrrole nitrogens is 1. The molecule has 46 N–H and O–H groups in total. The molecular formula is C56H106N18O32S2. The fraction of sp³-hybridized carbons (Fsp3) is 0.554. The zero-order valence-corrected chi connectivity index (χ0v) is 60.1. The summed E-state index contributed by atoms with van der Waals surface area (Å²) in [7, 11) is 0. The highest BCUT2D eigenvalue weighted by atomic mass is 32.1. The number of phenolic OH excluding ortho intramolecular Hbond substituents is 1. The first-order valence-corrected chi connectivity index (χ1v) is 31.7. The van der Waals surface area contributed by atoms with Crippen LogP contribution in [0.25, 0.3) is 0 Å². The third kappa shape index (κ3) is 86.5. The SMILES string of the molecule is C[C@H](N)C(=O)O.NC(=O)C[C@H](N)C(=O)O.NC(=O)C[C@H](N)C(=O)O.NCC(=O)O.NCC(=O)O.NCC(=O)O.N[C@@H](CO)C(=O)O.N[C@@H](CS)C(=O)O.N[C@@H](CS)C(=O)O.N[C@@H](Cc1ccc(O)cc1)C(=O)O.N[C@@H](Cc1cnc[nH]1)C(=O)O.O=C(O)[C@@H]1CCCN1.O=C(O)[C@@H]1CCCN1.O=C(O)[C@@H]1CCCN1. The lowest BCUT2D eigenvalue weighted by Crippen LogP contribution is -2.34. The third-order valence-corrected chi connectivity index (χ3v) is 11.8. The number of phenols is 1. The van der Waals surface area contributed by atoms with Gasteiger partial charge in [-0.05, 0) is 89.2 Å². The van der Waals surface area contributed by atoms with E-state index >= 15 is 0 Å². The Bertz CT molecular complexity index is 2710. The molecule has 50 nitrogen and oxygen atoms in total. The number of aliphatic carboxylic acids is 14. The summed E-state index contributed by atoms with van der Waals surface area (Å²) in [5, 5.41) is 138. The molecule has 3 aliphatic rings. The minimum Gasteiger partial charge on any atom is -0.508 e. The Kier molecular flexibility index (Phi) is 79.4. The lowest BCUT2D eigenvalue weighted by molar-refractivity contribution is -0.140. The van der Waals surface area contributed by atoms with Crippen LogP contribution < -0.4 is 90.5 Å². The van der Waals surface area contributed by atoms with Crippen molar-refractivity contribution in [2.75, 3.05) is 57.4 Å². The number of aromatic amines is 1. The summed E-state index contributed by atoms with van der Waals surface area (Å²) in [6, 6.07) is -2.05. The number of aliphatic hydroxyl groups excluding tert-OH is 1. The molecule has 108 heavy (non-hydrogen) atoms. The van der Waals surface area contributed by atoms with Crippen LogP contribution in [0.4, 0.5) is 0 Å². The number of carbonyl (C=O) groups excluding carboxylic acids is 2. The molecule has 2 aromatic rings. The van der Waals surface area contributed by atoms with Gasteiger partial charge in [0.1, 0.15) is 72.2 Å². The van der Waals surface area contributed by atoms with Crippen LogP contribution in [0.3, 0.4) is 0 Å². The van der Waals surface area contributed by atoms with E-state index in [0.717, 1.165) is 69.4 Å². The quantitative estimate of drug-likeness (QED) is 0.0411. The molecule has 0 saturated carbocycles. The van der Waals surface area contributed by atoms with Gasteiger partial charge in [0.15, 0.2) is 0 Å². The number of carboxylic acids is 14. The maximum Gasteiger partial charge on any atom is 0.322 e. The molecule has 1 aromatic heterocycles. The van der Waals surface area contributed by atoms with Crippen LogP contribution in [-0.2, 0) is 89.6 Å². The molecule has 0 bridgehead atoms. The largest absolute Gasteiger partial charge is 0.508 e.